The van der Waals surface area contributed by atoms with Crippen LogP contribution >= 0.6 is 0 Å². The number of benzene rings is 2. The van der Waals surface area contributed by atoms with E-state index in [1.807, 2.05) is 36.4 Å². The lowest BCUT2D eigenvalue weighted by atomic mass is 9.80. The van der Waals surface area contributed by atoms with Crippen LogP contribution in [-0.4, -0.2) is 43.4 Å². The van der Waals surface area contributed by atoms with Crippen LogP contribution in [-0.2, 0) is 17.8 Å². The number of nitrogens with one attached hydrogen (secondary N) is 2. The third-order valence-electron chi connectivity index (χ3n) is 6.60. The van der Waals surface area contributed by atoms with Gasteiger partial charge in [0.15, 0.2) is 5.82 Å². The molecule has 3 heterocycles. The Bertz CT molecular complexity index is 1390. The number of aromatic nitrogens is 4. The highest BCUT2D eigenvalue weighted by atomic mass is 19.3. The molecule has 0 spiro atoms. The van der Waals surface area contributed by atoms with Crippen LogP contribution in [0.4, 0.5) is 20.3 Å². The van der Waals surface area contributed by atoms with E-state index in [1.165, 1.54) is 0 Å². The van der Waals surface area contributed by atoms with Gasteiger partial charge >= 0.3 is 0 Å². The number of fused-ring (bicyclic) bond motifs is 2. The van der Waals surface area contributed by atoms with Gasteiger partial charge in [0.25, 0.3) is 0 Å². The highest BCUT2D eigenvalue weighted by molar-refractivity contribution is 5.83. The van der Waals surface area contributed by atoms with E-state index >= 15 is 0 Å². The van der Waals surface area contributed by atoms with Gasteiger partial charge < -0.3 is 10.2 Å². The lowest BCUT2D eigenvalue weighted by molar-refractivity contribution is -0.160. The molecule has 1 aliphatic heterocycles. The maximum Gasteiger partial charge on any atom is 0.249 e. The molecular formula is C25H22F2N6O. The second kappa shape index (κ2) is 7.86. The van der Waals surface area contributed by atoms with E-state index in [0.717, 1.165) is 33.3 Å². The Labute approximate surface area is 194 Å². The fourth-order valence-corrected chi connectivity index (χ4v) is 4.71. The van der Waals surface area contributed by atoms with Crippen molar-refractivity contribution in [1.82, 2.24) is 25.1 Å². The number of aromatic amines is 1. The van der Waals surface area contributed by atoms with Gasteiger partial charge in [0.05, 0.1) is 11.7 Å². The Morgan fingerprint density at radius 3 is 2.85 bits per heavy atom. The zero-order valence-electron chi connectivity index (χ0n) is 18.3. The number of halogens is 2. The van der Waals surface area contributed by atoms with Crippen molar-refractivity contribution in [3.63, 3.8) is 0 Å². The van der Waals surface area contributed by atoms with E-state index in [1.54, 1.807) is 17.3 Å². The van der Waals surface area contributed by atoms with Gasteiger partial charge in [-0.3, -0.25) is 9.89 Å². The second-order valence-corrected chi connectivity index (χ2v) is 9.02. The monoisotopic (exact) mass is 460 g/mol. The first-order valence-corrected chi connectivity index (χ1v) is 11.3. The third kappa shape index (κ3) is 3.87. The number of anilines is 2. The van der Waals surface area contributed by atoms with Crippen molar-refractivity contribution < 1.29 is 13.6 Å². The fraction of sp³-hybridized carbons (Fsp3) is 0.280. The van der Waals surface area contributed by atoms with Crippen LogP contribution in [0.1, 0.15) is 24.0 Å². The largest absolute Gasteiger partial charge is 0.340 e. The Hall–Kier alpha value is -3.88. The Morgan fingerprint density at radius 2 is 2.00 bits per heavy atom. The number of carbonyl (C=O) groups excluding carboxylic acids is 1. The molecule has 34 heavy (non-hydrogen) atoms. The van der Waals surface area contributed by atoms with E-state index in [2.05, 4.69) is 31.5 Å². The van der Waals surface area contributed by atoms with Gasteiger partial charge in [0.2, 0.25) is 11.8 Å². The molecule has 1 saturated carbocycles. The van der Waals surface area contributed by atoms with Crippen molar-refractivity contribution in [3.05, 3.63) is 66.0 Å². The van der Waals surface area contributed by atoms with Gasteiger partial charge in [-0.05, 0) is 47.9 Å². The predicted molar refractivity (Wildman–Crippen MR) is 124 cm³/mol. The molecule has 1 fully saturated rings. The highest BCUT2D eigenvalue weighted by Crippen LogP contribution is 2.43. The first kappa shape index (κ1) is 20.7. The Kier molecular flexibility index (Phi) is 4.79. The second-order valence-electron chi connectivity index (χ2n) is 9.02. The first-order chi connectivity index (χ1) is 16.4. The molecule has 2 aliphatic rings. The van der Waals surface area contributed by atoms with E-state index in [9.17, 15) is 13.6 Å². The van der Waals surface area contributed by atoms with Crippen LogP contribution in [0.2, 0.25) is 0 Å². The van der Waals surface area contributed by atoms with Crippen molar-refractivity contribution in [2.75, 3.05) is 11.9 Å². The quantitative estimate of drug-likeness (QED) is 0.461. The molecule has 9 heteroatoms. The molecular weight excluding hydrogens is 438 g/mol. The minimum Gasteiger partial charge on any atom is -0.340 e. The van der Waals surface area contributed by atoms with Gasteiger partial charge in [-0.2, -0.15) is 5.10 Å². The maximum atomic E-state index is 13.2. The molecule has 7 nitrogen and oxygen atoms in total. The number of nitrogens with zero attached hydrogens (tertiary/aromatic N) is 4. The summed E-state index contributed by atoms with van der Waals surface area (Å²) in [7, 11) is 0. The molecule has 2 aromatic carbocycles. The molecule has 6 rings (SSSR count). The van der Waals surface area contributed by atoms with E-state index in [4.69, 9.17) is 0 Å². The normalized spacial score (nSPS) is 17.3. The molecule has 2 N–H and O–H groups in total. The number of hydrogen-bond acceptors (Lipinski definition) is 5. The predicted octanol–water partition coefficient (Wildman–Crippen LogP) is 4.69. The summed E-state index contributed by atoms with van der Waals surface area (Å²) in [5.41, 5.74) is 4.93. The summed E-state index contributed by atoms with van der Waals surface area (Å²) in [4.78, 5) is 23.4. The van der Waals surface area contributed by atoms with Gasteiger partial charge in [0, 0.05) is 54.7 Å². The van der Waals surface area contributed by atoms with Crippen LogP contribution in [0.5, 0.6) is 0 Å². The van der Waals surface area contributed by atoms with Gasteiger partial charge in [-0.25, -0.2) is 18.7 Å². The summed E-state index contributed by atoms with van der Waals surface area (Å²) in [5, 5.41) is 11.3. The molecule has 172 valence electrons. The van der Waals surface area contributed by atoms with Crippen LogP contribution in [0, 0.1) is 5.92 Å². The molecule has 2 aromatic heterocycles. The van der Waals surface area contributed by atoms with Crippen molar-refractivity contribution in [2.45, 2.75) is 31.7 Å². The van der Waals surface area contributed by atoms with E-state index in [-0.39, 0.29) is 18.7 Å². The smallest absolute Gasteiger partial charge is 0.249 e. The molecule has 0 bridgehead atoms. The maximum absolute atomic E-state index is 13.2. The van der Waals surface area contributed by atoms with E-state index in [0.29, 0.717) is 31.2 Å². The van der Waals surface area contributed by atoms with Gasteiger partial charge in [-0.15, -0.1) is 0 Å². The molecule has 1 aliphatic carbocycles. The summed E-state index contributed by atoms with van der Waals surface area (Å²) < 4.78 is 26.3. The first-order valence-electron chi connectivity index (χ1n) is 11.3. The number of amides is 1. The average molecular weight is 460 g/mol. The third-order valence-corrected chi connectivity index (χ3v) is 6.60. The summed E-state index contributed by atoms with van der Waals surface area (Å²) in [6.45, 7) is 0.992. The molecule has 0 unspecified atom stereocenters. The zero-order valence-corrected chi connectivity index (χ0v) is 18.3. The summed E-state index contributed by atoms with van der Waals surface area (Å²) >= 11 is 0. The average Bonchev–Trinajstić information content (AvgIpc) is 3.29. The van der Waals surface area contributed by atoms with Crippen LogP contribution < -0.4 is 5.32 Å². The lowest BCUT2D eigenvalue weighted by Crippen LogP contribution is -2.48. The van der Waals surface area contributed by atoms with Gasteiger partial charge in [-0.1, -0.05) is 12.1 Å². The fourth-order valence-electron chi connectivity index (χ4n) is 4.71. The van der Waals surface area contributed by atoms with Crippen molar-refractivity contribution >= 4 is 28.3 Å². The van der Waals surface area contributed by atoms with Crippen LogP contribution in [0.3, 0.4) is 0 Å². The van der Waals surface area contributed by atoms with E-state index < -0.39 is 11.8 Å². The Morgan fingerprint density at radius 1 is 1.12 bits per heavy atom. The van der Waals surface area contributed by atoms with Gasteiger partial charge in [0.1, 0.15) is 5.82 Å². The molecule has 1 amide bonds. The topological polar surface area (TPSA) is 86.8 Å². The van der Waals surface area contributed by atoms with Crippen LogP contribution in [0.25, 0.3) is 22.3 Å². The van der Waals surface area contributed by atoms with Crippen molar-refractivity contribution in [1.29, 1.82) is 0 Å². The number of rotatable bonds is 4. The number of H-pyrrole nitrogens is 1. The molecule has 0 saturated heterocycles. The number of hydrogen-bond donors (Lipinski definition) is 2. The minimum absolute atomic E-state index is 0.156. The SMILES string of the molecule is O=C(C1CC(F)(F)C1)N1CCc2cc(-c3nccc(Nc4ccc5[nH]ncc5c4)n3)ccc2C1. The minimum atomic E-state index is -2.68. The summed E-state index contributed by atoms with van der Waals surface area (Å²) in [5.74, 6) is -2.10. The standard InChI is InChI=1S/C25H22F2N6O/c26-25(27)11-19(12-25)24(34)33-8-6-15-9-16(1-2-17(15)14-33)23-28-7-5-22(31-23)30-20-3-4-21-18(10-20)13-29-32-21/h1-5,7,9-10,13,19H,6,8,11-12,14H2,(H,29,32)(H,28,30,31). The lowest BCUT2D eigenvalue weighted by Gasteiger charge is -2.38. The molecule has 0 radical (unpaired) electrons. The van der Waals surface area contributed by atoms with Crippen molar-refractivity contribution in [3.8, 4) is 11.4 Å². The zero-order chi connectivity index (χ0) is 23.3. The van der Waals surface area contributed by atoms with Crippen molar-refractivity contribution in [2.24, 2.45) is 5.92 Å². The molecule has 0 atom stereocenters. The number of alkyl halides is 2. The Balaban J connectivity index is 1.18. The van der Waals surface area contributed by atoms with Crippen LogP contribution in [0.15, 0.2) is 54.9 Å². The summed E-state index contributed by atoms with van der Waals surface area (Å²) in [6.07, 6.45) is 3.52. The summed E-state index contributed by atoms with van der Waals surface area (Å²) in [6, 6.07) is 13.7. The highest BCUT2D eigenvalue weighted by Gasteiger charge is 2.49. The molecule has 4 aromatic rings. The number of carbonyl (C=O) groups is 1.